The van der Waals surface area contributed by atoms with Gasteiger partial charge in [-0.2, -0.15) is 0 Å². The highest BCUT2D eigenvalue weighted by Gasteiger charge is 2.51. The van der Waals surface area contributed by atoms with Crippen molar-refractivity contribution >= 4 is 18.0 Å². The van der Waals surface area contributed by atoms with Gasteiger partial charge in [0.05, 0.1) is 12.2 Å². The van der Waals surface area contributed by atoms with Crippen molar-refractivity contribution in [3.05, 3.63) is 112 Å². The van der Waals surface area contributed by atoms with Gasteiger partial charge in [0, 0.05) is 5.41 Å². The molecule has 0 aromatic heterocycles. The summed E-state index contributed by atoms with van der Waals surface area (Å²) in [6.45, 7) is 6.50. The van der Waals surface area contributed by atoms with Crippen molar-refractivity contribution in [1.82, 2.24) is 0 Å². The molecule has 3 atom stereocenters. The Morgan fingerprint density at radius 3 is 2.38 bits per heavy atom. The molecule has 0 heterocycles. The molecule has 5 nitrogen and oxygen atoms in total. The van der Waals surface area contributed by atoms with Gasteiger partial charge >= 0.3 is 11.9 Å². The minimum atomic E-state index is -0.673. The lowest BCUT2D eigenvalue weighted by Gasteiger charge is -2.38. The van der Waals surface area contributed by atoms with Crippen LogP contribution in [0.25, 0.3) is 6.08 Å². The van der Waals surface area contributed by atoms with Crippen LogP contribution in [0.15, 0.2) is 78.4 Å². The van der Waals surface area contributed by atoms with Crippen molar-refractivity contribution < 1.29 is 19.1 Å². The van der Waals surface area contributed by atoms with Crippen LogP contribution in [0, 0.1) is 11.3 Å². The minimum absolute atomic E-state index is 0.290. The molecule has 0 amide bonds. The fraction of sp³-hybridized carbons (Fsp3) is 0.371. The molecule has 0 saturated heterocycles. The van der Waals surface area contributed by atoms with E-state index in [9.17, 15) is 9.59 Å². The molecule has 2 N–H and O–H groups in total. The van der Waals surface area contributed by atoms with Gasteiger partial charge in [-0.3, -0.25) is 4.79 Å². The highest BCUT2D eigenvalue weighted by molar-refractivity contribution is 5.89. The van der Waals surface area contributed by atoms with Crippen molar-refractivity contribution in [2.24, 2.45) is 17.1 Å². The second kappa shape index (κ2) is 11.8. The van der Waals surface area contributed by atoms with E-state index in [4.69, 9.17) is 15.2 Å². The summed E-state index contributed by atoms with van der Waals surface area (Å²) in [5, 5.41) is 0. The molecule has 0 radical (unpaired) electrons. The summed E-state index contributed by atoms with van der Waals surface area (Å²) < 4.78 is 11.8. The predicted molar refractivity (Wildman–Crippen MR) is 158 cm³/mol. The number of hydrogen-bond donors (Lipinski definition) is 1. The highest BCUT2D eigenvalue weighted by atomic mass is 16.5. The van der Waals surface area contributed by atoms with Crippen LogP contribution in [-0.2, 0) is 33.5 Å². The monoisotopic (exact) mass is 537 g/mol. The SMILES string of the molecule is CCCOC(=O)c1ccc(C[C@@]2(C3=Cc4ccccc4C3)Cc3ccccc3[C@H]2OC(=O)[C@@H](N)CC(C)C)cc1. The Labute approximate surface area is 237 Å². The summed E-state index contributed by atoms with van der Waals surface area (Å²) in [5.41, 5.74) is 13.4. The third-order valence-corrected chi connectivity index (χ3v) is 8.16. The Kier molecular flexibility index (Phi) is 8.22. The van der Waals surface area contributed by atoms with Crippen LogP contribution < -0.4 is 5.73 Å². The predicted octanol–water partition coefficient (Wildman–Crippen LogP) is 6.64. The Bertz CT molecular complexity index is 1410. The Morgan fingerprint density at radius 1 is 0.975 bits per heavy atom. The Hall–Kier alpha value is -3.70. The Balaban J connectivity index is 1.54. The van der Waals surface area contributed by atoms with Gasteiger partial charge in [-0.25, -0.2) is 4.79 Å². The first-order chi connectivity index (χ1) is 19.3. The van der Waals surface area contributed by atoms with Gasteiger partial charge in [-0.1, -0.05) is 93.1 Å². The number of fused-ring (bicyclic) bond motifs is 2. The van der Waals surface area contributed by atoms with Crippen molar-refractivity contribution in [2.75, 3.05) is 6.61 Å². The van der Waals surface area contributed by atoms with E-state index in [0.29, 0.717) is 25.0 Å². The maximum atomic E-state index is 13.4. The topological polar surface area (TPSA) is 78.6 Å². The molecule has 208 valence electrons. The second-order valence-corrected chi connectivity index (χ2v) is 11.6. The summed E-state index contributed by atoms with van der Waals surface area (Å²) in [6, 6.07) is 23.7. The van der Waals surface area contributed by atoms with Crippen LogP contribution in [-0.4, -0.2) is 24.6 Å². The van der Waals surface area contributed by atoms with E-state index in [0.717, 1.165) is 30.4 Å². The standard InChI is InChI=1S/C35H39NO4/c1-4-17-39-33(37)25-15-13-24(14-16-25)21-35(29-19-26-9-5-6-10-27(26)20-29)22-28-11-7-8-12-30(28)32(35)40-34(38)31(36)18-23(2)3/h5-16,19,23,31-32H,4,17-18,20-22,36H2,1-3H3/t31-,32+,35-/m0/s1. The molecule has 5 heteroatoms. The van der Waals surface area contributed by atoms with E-state index in [1.54, 1.807) is 0 Å². The molecule has 2 aliphatic carbocycles. The van der Waals surface area contributed by atoms with Crippen LogP contribution in [0.3, 0.4) is 0 Å². The first-order valence-electron chi connectivity index (χ1n) is 14.4. The molecule has 0 unspecified atom stereocenters. The zero-order valence-corrected chi connectivity index (χ0v) is 23.7. The van der Waals surface area contributed by atoms with E-state index in [2.05, 4.69) is 56.3 Å². The molecule has 40 heavy (non-hydrogen) atoms. The van der Waals surface area contributed by atoms with Crippen molar-refractivity contribution in [1.29, 1.82) is 0 Å². The summed E-state index contributed by atoms with van der Waals surface area (Å²) in [5.74, 6) is -0.376. The van der Waals surface area contributed by atoms with E-state index in [1.165, 1.54) is 22.3 Å². The van der Waals surface area contributed by atoms with Gasteiger partial charge in [-0.05, 0) is 78.0 Å². The van der Waals surface area contributed by atoms with Gasteiger partial charge in [-0.15, -0.1) is 0 Å². The van der Waals surface area contributed by atoms with Crippen LogP contribution in [0.1, 0.15) is 77.9 Å². The molecule has 0 saturated carbocycles. The van der Waals surface area contributed by atoms with Crippen molar-refractivity contribution in [3.8, 4) is 0 Å². The molecule has 3 aromatic rings. The van der Waals surface area contributed by atoms with Crippen LogP contribution >= 0.6 is 0 Å². The quantitative estimate of drug-likeness (QED) is 0.294. The van der Waals surface area contributed by atoms with Gasteiger partial charge in [0.15, 0.2) is 0 Å². The number of hydrogen-bond acceptors (Lipinski definition) is 5. The van der Waals surface area contributed by atoms with Crippen molar-refractivity contribution in [3.63, 3.8) is 0 Å². The van der Waals surface area contributed by atoms with Crippen LogP contribution in [0.2, 0.25) is 0 Å². The summed E-state index contributed by atoms with van der Waals surface area (Å²) in [6.07, 6.45) is 5.38. The van der Waals surface area contributed by atoms with Crippen LogP contribution in [0.5, 0.6) is 0 Å². The molecule has 3 aromatic carbocycles. The fourth-order valence-electron chi connectivity index (χ4n) is 6.22. The minimum Gasteiger partial charge on any atom is -0.462 e. The number of ether oxygens (including phenoxy) is 2. The third-order valence-electron chi connectivity index (χ3n) is 8.16. The zero-order chi connectivity index (χ0) is 28.3. The average molecular weight is 538 g/mol. The summed E-state index contributed by atoms with van der Waals surface area (Å²) in [7, 11) is 0. The van der Waals surface area contributed by atoms with Gasteiger partial charge in [0.2, 0.25) is 0 Å². The normalized spacial score (nSPS) is 20.0. The zero-order valence-electron chi connectivity index (χ0n) is 23.7. The van der Waals surface area contributed by atoms with Gasteiger partial charge in [0.1, 0.15) is 12.1 Å². The first-order valence-corrected chi connectivity index (χ1v) is 14.4. The summed E-state index contributed by atoms with van der Waals surface area (Å²) in [4.78, 5) is 25.8. The summed E-state index contributed by atoms with van der Waals surface area (Å²) >= 11 is 0. The third kappa shape index (κ3) is 5.62. The lowest BCUT2D eigenvalue weighted by molar-refractivity contribution is -0.156. The largest absolute Gasteiger partial charge is 0.462 e. The average Bonchev–Trinajstić information content (AvgIpc) is 3.52. The first kappa shape index (κ1) is 27.9. The van der Waals surface area contributed by atoms with E-state index in [-0.39, 0.29) is 17.9 Å². The lowest BCUT2D eigenvalue weighted by atomic mass is 9.70. The Morgan fingerprint density at radius 2 is 1.68 bits per heavy atom. The number of carbonyl (C=O) groups is 2. The fourth-order valence-corrected chi connectivity index (χ4v) is 6.22. The maximum absolute atomic E-state index is 13.4. The number of esters is 2. The smallest absolute Gasteiger partial charge is 0.338 e. The van der Waals surface area contributed by atoms with E-state index >= 15 is 0 Å². The molecule has 2 aliphatic rings. The highest BCUT2D eigenvalue weighted by Crippen LogP contribution is 2.56. The maximum Gasteiger partial charge on any atom is 0.338 e. The number of rotatable bonds is 10. The molecule has 0 fully saturated rings. The number of benzene rings is 3. The van der Waals surface area contributed by atoms with E-state index < -0.39 is 17.6 Å². The number of carbonyl (C=O) groups excluding carboxylic acids is 2. The molecule has 0 aliphatic heterocycles. The molecule has 5 rings (SSSR count). The number of nitrogens with two attached hydrogens (primary N) is 1. The van der Waals surface area contributed by atoms with Crippen LogP contribution in [0.4, 0.5) is 0 Å². The molecule has 0 bridgehead atoms. The second-order valence-electron chi connectivity index (χ2n) is 11.6. The van der Waals surface area contributed by atoms with Crippen molar-refractivity contribution in [2.45, 2.75) is 65.0 Å². The molecule has 0 spiro atoms. The molecular weight excluding hydrogens is 498 g/mol. The van der Waals surface area contributed by atoms with E-state index in [1.807, 2.05) is 43.3 Å². The van der Waals surface area contributed by atoms with Gasteiger partial charge in [0.25, 0.3) is 0 Å². The lowest BCUT2D eigenvalue weighted by Crippen LogP contribution is -2.39. The van der Waals surface area contributed by atoms with Gasteiger partial charge < -0.3 is 15.2 Å². The molecular formula is C35H39NO4.